The van der Waals surface area contributed by atoms with Crippen molar-refractivity contribution in [3.63, 3.8) is 0 Å². The second kappa shape index (κ2) is 7.42. The van der Waals surface area contributed by atoms with Gasteiger partial charge < -0.3 is 10.6 Å². The van der Waals surface area contributed by atoms with Gasteiger partial charge in [-0.25, -0.2) is 13.6 Å². The molecule has 0 aromatic heterocycles. The van der Waals surface area contributed by atoms with Gasteiger partial charge in [-0.1, -0.05) is 24.3 Å². The predicted octanol–water partition coefficient (Wildman–Crippen LogP) is 0.760. The first-order chi connectivity index (χ1) is 10.5. The predicted molar refractivity (Wildman–Crippen MR) is 88.2 cm³/mol. The van der Waals surface area contributed by atoms with Gasteiger partial charge in [0.25, 0.3) is 0 Å². The Morgan fingerprint density at radius 3 is 2.45 bits per heavy atom. The Kier molecular flexibility index (Phi) is 5.57. The third kappa shape index (κ3) is 4.85. The van der Waals surface area contributed by atoms with Crippen LogP contribution in [0.25, 0.3) is 0 Å². The zero-order valence-electron chi connectivity index (χ0n) is 12.6. The first-order valence-electron chi connectivity index (χ1n) is 7.23. The molecule has 1 aromatic rings. The molecule has 22 heavy (non-hydrogen) atoms. The Morgan fingerprint density at radius 2 is 1.91 bits per heavy atom. The fourth-order valence-corrected chi connectivity index (χ4v) is 2.81. The van der Waals surface area contributed by atoms with Crippen molar-refractivity contribution in [2.45, 2.75) is 30.2 Å². The highest BCUT2D eigenvalue weighted by Crippen LogP contribution is 2.10. The van der Waals surface area contributed by atoms with E-state index in [-0.39, 0.29) is 4.90 Å². The fourth-order valence-electron chi connectivity index (χ4n) is 2.29. The molecule has 0 heterocycles. The number of rotatable bonds is 5. The van der Waals surface area contributed by atoms with E-state index in [9.17, 15) is 8.42 Å². The van der Waals surface area contributed by atoms with Crippen LogP contribution in [-0.2, 0) is 16.4 Å². The molecule has 0 amide bonds. The highest BCUT2D eigenvalue weighted by molar-refractivity contribution is 7.89. The lowest BCUT2D eigenvalue weighted by molar-refractivity contribution is 0.598. The molecule has 7 heteroatoms. The number of sulfonamides is 1. The third-order valence-corrected chi connectivity index (χ3v) is 4.46. The second-order valence-electron chi connectivity index (χ2n) is 5.22. The summed E-state index contributed by atoms with van der Waals surface area (Å²) in [7, 11) is -1.87. The molecular weight excluding hydrogens is 300 g/mol. The summed E-state index contributed by atoms with van der Waals surface area (Å²) in [5.41, 5.74) is 1.04. The van der Waals surface area contributed by atoms with Gasteiger partial charge in [0.05, 0.1) is 4.90 Å². The monoisotopic (exact) mass is 322 g/mol. The molecule has 0 saturated heterocycles. The van der Waals surface area contributed by atoms with E-state index in [0.717, 1.165) is 30.8 Å². The van der Waals surface area contributed by atoms with Gasteiger partial charge in [0.2, 0.25) is 10.0 Å². The Balaban J connectivity index is 1.80. The molecule has 120 valence electrons. The van der Waals surface area contributed by atoms with Crippen molar-refractivity contribution in [3.05, 3.63) is 42.0 Å². The molecule has 0 saturated carbocycles. The molecule has 0 unspecified atom stereocenters. The number of benzene rings is 1. The molecule has 1 aliphatic carbocycles. The highest BCUT2D eigenvalue weighted by Gasteiger charge is 2.11. The Hall–Kier alpha value is -1.86. The first-order valence-corrected chi connectivity index (χ1v) is 8.77. The van der Waals surface area contributed by atoms with Crippen LogP contribution in [0.2, 0.25) is 0 Å². The van der Waals surface area contributed by atoms with E-state index in [0.29, 0.717) is 12.6 Å². The van der Waals surface area contributed by atoms with Gasteiger partial charge in [0, 0.05) is 19.6 Å². The van der Waals surface area contributed by atoms with Crippen molar-refractivity contribution in [1.82, 2.24) is 10.6 Å². The minimum absolute atomic E-state index is 0.135. The molecule has 2 rings (SSSR count). The maximum Gasteiger partial charge on any atom is 0.238 e. The summed E-state index contributed by atoms with van der Waals surface area (Å²) >= 11 is 0. The molecule has 0 atom stereocenters. The van der Waals surface area contributed by atoms with Crippen LogP contribution in [0, 0.1) is 0 Å². The lowest BCUT2D eigenvalue weighted by atomic mass is 10.1. The van der Waals surface area contributed by atoms with Crippen molar-refractivity contribution >= 4 is 16.0 Å². The van der Waals surface area contributed by atoms with E-state index in [1.54, 1.807) is 19.2 Å². The Morgan fingerprint density at radius 1 is 1.27 bits per heavy atom. The SMILES string of the molecule is CN=C(NCCc1ccc(S(N)(=O)=O)cc1)NC1CC=CC1. The summed E-state index contributed by atoms with van der Waals surface area (Å²) in [4.78, 5) is 4.33. The van der Waals surface area contributed by atoms with Crippen LogP contribution in [0.1, 0.15) is 18.4 Å². The Bertz CT molecular complexity index is 643. The van der Waals surface area contributed by atoms with Crippen molar-refractivity contribution in [2.75, 3.05) is 13.6 Å². The number of nitrogens with zero attached hydrogens (tertiary/aromatic N) is 1. The number of nitrogens with two attached hydrogens (primary N) is 1. The van der Waals surface area contributed by atoms with Crippen LogP contribution in [-0.4, -0.2) is 34.0 Å². The lowest BCUT2D eigenvalue weighted by Crippen LogP contribution is -2.43. The molecule has 0 aliphatic heterocycles. The van der Waals surface area contributed by atoms with Crippen molar-refractivity contribution in [2.24, 2.45) is 10.1 Å². The van der Waals surface area contributed by atoms with E-state index in [2.05, 4.69) is 27.8 Å². The van der Waals surface area contributed by atoms with Crippen molar-refractivity contribution < 1.29 is 8.42 Å². The largest absolute Gasteiger partial charge is 0.356 e. The molecule has 0 radical (unpaired) electrons. The average molecular weight is 322 g/mol. The standard InChI is InChI=1S/C15H22N4O2S/c1-17-15(19-13-4-2-3-5-13)18-11-10-12-6-8-14(9-7-12)22(16,20)21/h2-3,6-9,13H,4-5,10-11H2,1H3,(H2,16,20,21)(H2,17,18,19). The zero-order valence-corrected chi connectivity index (χ0v) is 13.4. The van der Waals surface area contributed by atoms with Gasteiger partial charge in [0.15, 0.2) is 5.96 Å². The van der Waals surface area contributed by atoms with Gasteiger partial charge >= 0.3 is 0 Å². The molecule has 0 spiro atoms. The van der Waals surface area contributed by atoms with Crippen molar-refractivity contribution in [1.29, 1.82) is 0 Å². The van der Waals surface area contributed by atoms with E-state index in [1.807, 2.05) is 0 Å². The van der Waals surface area contributed by atoms with Crippen LogP contribution in [0.3, 0.4) is 0 Å². The summed E-state index contributed by atoms with van der Waals surface area (Å²) in [5, 5.41) is 11.7. The quantitative estimate of drug-likeness (QED) is 0.423. The topological polar surface area (TPSA) is 96.6 Å². The Labute approximate surface area is 131 Å². The third-order valence-electron chi connectivity index (χ3n) is 3.53. The van der Waals surface area contributed by atoms with Gasteiger partial charge in [0.1, 0.15) is 0 Å². The van der Waals surface area contributed by atoms with E-state index < -0.39 is 10.0 Å². The number of hydrogen-bond donors (Lipinski definition) is 3. The fraction of sp³-hybridized carbons (Fsp3) is 0.400. The maximum atomic E-state index is 11.2. The molecule has 6 nitrogen and oxygen atoms in total. The summed E-state index contributed by atoms with van der Waals surface area (Å²) < 4.78 is 22.4. The van der Waals surface area contributed by atoms with Gasteiger partial charge in [-0.05, 0) is 37.0 Å². The number of hydrogen-bond acceptors (Lipinski definition) is 3. The molecule has 0 fully saturated rings. The average Bonchev–Trinajstić information content (AvgIpc) is 2.99. The highest BCUT2D eigenvalue weighted by atomic mass is 32.2. The number of nitrogens with one attached hydrogen (secondary N) is 2. The summed E-state index contributed by atoms with van der Waals surface area (Å²) in [6.07, 6.45) is 7.15. The second-order valence-corrected chi connectivity index (χ2v) is 6.78. The maximum absolute atomic E-state index is 11.2. The number of aliphatic imine (C=N–C) groups is 1. The minimum atomic E-state index is -3.62. The van der Waals surface area contributed by atoms with Gasteiger partial charge in [-0.15, -0.1) is 0 Å². The number of guanidine groups is 1. The van der Waals surface area contributed by atoms with E-state index in [1.165, 1.54) is 12.1 Å². The molecule has 4 N–H and O–H groups in total. The van der Waals surface area contributed by atoms with Gasteiger partial charge in [-0.3, -0.25) is 4.99 Å². The minimum Gasteiger partial charge on any atom is -0.356 e. The van der Waals surface area contributed by atoms with E-state index >= 15 is 0 Å². The number of primary sulfonamides is 1. The van der Waals surface area contributed by atoms with E-state index in [4.69, 9.17) is 5.14 Å². The zero-order chi connectivity index (χ0) is 16.0. The van der Waals surface area contributed by atoms with Crippen LogP contribution < -0.4 is 15.8 Å². The lowest BCUT2D eigenvalue weighted by Gasteiger charge is -2.16. The van der Waals surface area contributed by atoms with Crippen LogP contribution >= 0.6 is 0 Å². The summed E-state index contributed by atoms with van der Waals surface area (Å²) in [5.74, 6) is 0.787. The van der Waals surface area contributed by atoms with Gasteiger partial charge in [-0.2, -0.15) is 0 Å². The smallest absolute Gasteiger partial charge is 0.238 e. The van der Waals surface area contributed by atoms with Crippen molar-refractivity contribution in [3.8, 4) is 0 Å². The normalized spacial score (nSPS) is 16.0. The van der Waals surface area contributed by atoms with Crippen LogP contribution in [0.4, 0.5) is 0 Å². The molecule has 1 aliphatic rings. The summed E-state index contributed by atoms with van der Waals surface area (Å²) in [6.45, 7) is 0.717. The van der Waals surface area contributed by atoms with Crippen LogP contribution in [0.15, 0.2) is 46.3 Å². The molecule has 0 bridgehead atoms. The first kappa shape index (κ1) is 16.5. The molecular formula is C15H22N4O2S. The van der Waals surface area contributed by atoms with Crippen LogP contribution in [0.5, 0.6) is 0 Å². The molecule has 1 aromatic carbocycles. The summed E-state index contributed by atoms with van der Waals surface area (Å²) in [6, 6.07) is 7.03.